The zero-order valence-corrected chi connectivity index (χ0v) is 26.9. The molecule has 1 nitrogen and oxygen atoms in total. The minimum absolute atomic E-state index is 0.992. The van der Waals surface area contributed by atoms with Crippen molar-refractivity contribution in [3.63, 3.8) is 0 Å². The molecule has 0 N–H and O–H groups in total. The van der Waals surface area contributed by atoms with Gasteiger partial charge in [0, 0.05) is 31.1 Å². The summed E-state index contributed by atoms with van der Waals surface area (Å²) in [5.74, 6) is 1.02. The van der Waals surface area contributed by atoms with Crippen LogP contribution < -0.4 is 0 Å². The predicted octanol–water partition coefficient (Wildman–Crippen LogP) is 13.7. The van der Waals surface area contributed by atoms with Gasteiger partial charge in [-0.05, 0) is 115 Å². The van der Waals surface area contributed by atoms with Crippen molar-refractivity contribution >= 4 is 91.6 Å². The average molecular weight is 629 g/mol. The SMILES string of the molecule is C1=Cc2oc3ccc4c(ccc5sc6cc(-c7c8ccccc8c(-c8ccc9ccccc9c8)c8ccccc78)ccc6c54)c3c2CC1. The van der Waals surface area contributed by atoms with Gasteiger partial charge < -0.3 is 4.42 Å². The highest BCUT2D eigenvalue weighted by atomic mass is 32.1. The van der Waals surface area contributed by atoms with E-state index in [-0.39, 0.29) is 0 Å². The summed E-state index contributed by atoms with van der Waals surface area (Å²) in [5, 5.41) is 14.2. The van der Waals surface area contributed by atoms with Crippen LogP contribution in [0.15, 0.2) is 144 Å². The number of benzene rings is 8. The highest BCUT2D eigenvalue weighted by molar-refractivity contribution is 7.26. The Morgan fingerprint density at radius 3 is 1.88 bits per heavy atom. The van der Waals surface area contributed by atoms with Crippen molar-refractivity contribution < 1.29 is 4.42 Å². The van der Waals surface area contributed by atoms with Crippen LogP contribution in [0.1, 0.15) is 17.7 Å². The summed E-state index contributed by atoms with van der Waals surface area (Å²) in [6.45, 7) is 0. The molecule has 0 radical (unpaired) electrons. The third kappa shape index (κ3) is 3.67. The first-order valence-electron chi connectivity index (χ1n) is 16.7. The summed E-state index contributed by atoms with van der Waals surface area (Å²) < 4.78 is 8.93. The Kier molecular flexibility index (Phi) is 5.44. The van der Waals surface area contributed by atoms with Crippen molar-refractivity contribution in [2.75, 3.05) is 0 Å². The molecule has 2 heteroatoms. The van der Waals surface area contributed by atoms with Crippen LogP contribution in [0.25, 0.3) is 103 Å². The Hall–Kier alpha value is -5.70. The van der Waals surface area contributed by atoms with Gasteiger partial charge in [0.25, 0.3) is 0 Å². The molecule has 11 rings (SSSR count). The number of hydrogen-bond donors (Lipinski definition) is 0. The molecule has 2 aromatic heterocycles. The number of thiophene rings is 1. The third-order valence-electron chi connectivity index (χ3n) is 10.5. The van der Waals surface area contributed by atoms with Crippen molar-refractivity contribution in [1.82, 2.24) is 0 Å². The highest BCUT2D eigenvalue weighted by Crippen LogP contribution is 2.47. The average Bonchev–Trinajstić information content (AvgIpc) is 3.72. The van der Waals surface area contributed by atoms with Crippen LogP contribution in [0.5, 0.6) is 0 Å². The maximum absolute atomic E-state index is 6.29. The number of fused-ring (bicyclic) bond motifs is 12. The van der Waals surface area contributed by atoms with Crippen LogP contribution in [-0.4, -0.2) is 0 Å². The second kappa shape index (κ2) is 9.90. The second-order valence-corrected chi connectivity index (χ2v) is 14.2. The molecule has 0 spiro atoms. The molecule has 8 aromatic carbocycles. The lowest BCUT2D eigenvalue weighted by Crippen LogP contribution is -1.91. The van der Waals surface area contributed by atoms with Crippen LogP contribution in [-0.2, 0) is 6.42 Å². The van der Waals surface area contributed by atoms with Crippen molar-refractivity contribution in [2.24, 2.45) is 0 Å². The first-order valence-corrected chi connectivity index (χ1v) is 17.5. The van der Waals surface area contributed by atoms with Gasteiger partial charge in [0.15, 0.2) is 0 Å². The lowest BCUT2D eigenvalue weighted by molar-refractivity contribution is 0.595. The number of rotatable bonds is 2. The zero-order chi connectivity index (χ0) is 31.3. The van der Waals surface area contributed by atoms with Crippen molar-refractivity contribution in [2.45, 2.75) is 12.8 Å². The smallest absolute Gasteiger partial charge is 0.135 e. The number of aryl methyl sites for hydroxylation is 1. The zero-order valence-electron chi connectivity index (χ0n) is 26.1. The van der Waals surface area contributed by atoms with Gasteiger partial charge in [-0.3, -0.25) is 0 Å². The van der Waals surface area contributed by atoms with E-state index in [4.69, 9.17) is 4.42 Å². The van der Waals surface area contributed by atoms with Crippen LogP contribution in [0.3, 0.4) is 0 Å². The van der Waals surface area contributed by atoms with Crippen LogP contribution in [0.2, 0.25) is 0 Å². The monoisotopic (exact) mass is 628 g/mol. The van der Waals surface area contributed by atoms with Gasteiger partial charge in [0.2, 0.25) is 0 Å². The standard InChI is InChI=1S/C46H28OS/c1-2-10-28-25-29(18-17-27(28)9-1)43-31-11-3-5-13-33(31)44(34-14-6-4-12-32(34)43)30-19-20-38-42(26-30)48-41-24-22-35-36(46(38)41)21-23-40-45(35)37-15-7-8-16-39(37)47-40/h1-6,8-14,16-26H,7,15H2. The molecule has 224 valence electrons. The molecule has 0 amide bonds. The van der Waals surface area contributed by atoms with Gasteiger partial charge in [-0.25, -0.2) is 0 Å². The van der Waals surface area contributed by atoms with E-state index in [0.717, 1.165) is 24.2 Å². The summed E-state index contributed by atoms with van der Waals surface area (Å²) in [4.78, 5) is 0. The first-order chi connectivity index (χ1) is 23.8. The molecule has 0 bridgehead atoms. The van der Waals surface area contributed by atoms with Gasteiger partial charge in [0.05, 0.1) is 0 Å². The fourth-order valence-electron chi connectivity index (χ4n) is 8.41. The molecule has 0 atom stereocenters. The second-order valence-electron chi connectivity index (χ2n) is 13.1. The molecule has 10 aromatic rings. The number of allylic oxidation sites excluding steroid dienone is 1. The van der Waals surface area contributed by atoms with Crippen molar-refractivity contribution in [1.29, 1.82) is 0 Å². The molecule has 0 saturated heterocycles. The largest absolute Gasteiger partial charge is 0.456 e. The van der Waals surface area contributed by atoms with Gasteiger partial charge in [-0.15, -0.1) is 11.3 Å². The lowest BCUT2D eigenvalue weighted by atomic mass is 9.85. The first kappa shape index (κ1) is 26.4. The quantitative estimate of drug-likeness (QED) is 0.174. The normalized spacial score (nSPS) is 13.2. The summed E-state index contributed by atoms with van der Waals surface area (Å²) in [7, 11) is 0. The van der Waals surface area contributed by atoms with E-state index in [1.807, 2.05) is 11.3 Å². The molecule has 0 saturated carbocycles. The topological polar surface area (TPSA) is 13.1 Å². The molecule has 0 fully saturated rings. The lowest BCUT2D eigenvalue weighted by Gasteiger charge is -2.18. The van der Waals surface area contributed by atoms with Crippen LogP contribution in [0, 0.1) is 0 Å². The number of hydrogen-bond acceptors (Lipinski definition) is 2. The van der Waals surface area contributed by atoms with E-state index in [1.165, 1.54) is 96.5 Å². The van der Waals surface area contributed by atoms with E-state index >= 15 is 0 Å². The molecular weight excluding hydrogens is 601 g/mol. The molecule has 1 aliphatic carbocycles. The maximum atomic E-state index is 6.29. The van der Waals surface area contributed by atoms with E-state index in [9.17, 15) is 0 Å². The highest BCUT2D eigenvalue weighted by Gasteiger charge is 2.20. The summed E-state index contributed by atoms with van der Waals surface area (Å²) in [6, 6.07) is 49.7. The van der Waals surface area contributed by atoms with Gasteiger partial charge in [-0.2, -0.15) is 0 Å². The number of furan rings is 1. The maximum Gasteiger partial charge on any atom is 0.135 e. The van der Waals surface area contributed by atoms with E-state index < -0.39 is 0 Å². The molecule has 0 unspecified atom stereocenters. The fraction of sp³-hybridized carbons (Fsp3) is 0.0435. The fourth-order valence-corrected chi connectivity index (χ4v) is 9.57. The summed E-state index contributed by atoms with van der Waals surface area (Å²) in [6.07, 6.45) is 6.47. The predicted molar refractivity (Wildman–Crippen MR) is 207 cm³/mol. The minimum Gasteiger partial charge on any atom is -0.456 e. The Morgan fingerprint density at radius 1 is 0.479 bits per heavy atom. The molecule has 0 aliphatic heterocycles. The Balaban J connectivity index is 1.16. The minimum atomic E-state index is 0.992. The van der Waals surface area contributed by atoms with Gasteiger partial charge in [0.1, 0.15) is 11.3 Å². The van der Waals surface area contributed by atoms with E-state index in [2.05, 4.69) is 146 Å². The Morgan fingerprint density at radius 2 is 1.10 bits per heavy atom. The van der Waals surface area contributed by atoms with Gasteiger partial charge in [-0.1, -0.05) is 109 Å². The summed E-state index contributed by atoms with van der Waals surface area (Å²) in [5.41, 5.74) is 7.46. The van der Waals surface area contributed by atoms with Crippen LogP contribution >= 0.6 is 11.3 Å². The molecule has 2 heterocycles. The van der Waals surface area contributed by atoms with Crippen molar-refractivity contribution in [3.05, 3.63) is 151 Å². The molecule has 48 heavy (non-hydrogen) atoms. The third-order valence-corrected chi connectivity index (χ3v) is 11.6. The molecule has 1 aliphatic rings. The van der Waals surface area contributed by atoms with E-state index in [0.29, 0.717) is 0 Å². The Labute approximate surface area is 281 Å². The molecular formula is C46H28OS. The summed E-state index contributed by atoms with van der Waals surface area (Å²) >= 11 is 1.90. The van der Waals surface area contributed by atoms with Gasteiger partial charge >= 0.3 is 0 Å². The Bertz CT molecular complexity index is 2950. The van der Waals surface area contributed by atoms with Crippen LogP contribution in [0.4, 0.5) is 0 Å². The van der Waals surface area contributed by atoms with Crippen molar-refractivity contribution in [3.8, 4) is 22.3 Å². The van der Waals surface area contributed by atoms with E-state index in [1.54, 1.807) is 0 Å².